The number of furan rings is 1. The first-order valence-corrected chi connectivity index (χ1v) is 6.78. The van der Waals surface area contributed by atoms with Crippen LogP contribution in [0.15, 0.2) is 39.3 Å². The van der Waals surface area contributed by atoms with E-state index in [4.69, 9.17) is 8.94 Å². The average molecular weight is 269 g/mol. The van der Waals surface area contributed by atoms with E-state index in [1.165, 1.54) is 0 Å². The molecular weight excluding hydrogens is 254 g/mol. The van der Waals surface area contributed by atoms with Gasteiger partial charge in [-0.15, -0.1) is 0 Å². The summed E-state index contributed by atoms with van der Waals surface area (Å²) in [7, 11) is 0. The highest BCUT2D eigenvalue weighted by Crippen LogP contribution is 2.31. The molecule has 0 radical (unpaired) electrons. The number of aromatic nitrogens is 2. The Labute approximate surface area is 116 Å². The highest BCUT2D eigenvalue weighted by Gasteiger charge is 2.36. The van der Waals surface area contributed by atoms with Crippen LogP contribution in [0.5, 0.6) is 0 Å². The number of hydrogen-bond acceptors (Lipinski definition) is 5. The van der Waals surface area contributed by atoms with Gasteiger partial charge in [-0.05, 0) is 32.0 Å². The molecule has 3 heterocycles. The number of nitrogens with one attached hydrogen (secondary N) is 1. The minimum Gasteiger partial charge on any atom is -0.453 e. The van der Waals surface area contributed by atoms with Crippen LogP contribution in [0.1, 0.15) is 19.2 Å². The molecule has 1 unspecified atom stereocenters. The van der Waals surface area contributed by atoms with Gasteiger partial charge < -0.3 is 14.3 Å². The molecule has 1 saturated heterocycles. The summed E-state index contributed by atoms with van der Waals surface area (Å²) in [6.07, 6.45) is 1.01. The standard InChI is InChI=1S/C15H15N3O2/c1-15(6-7-16-9-15)14-17-13(18-20-14)12-8-10-4-2-3-5-11(10)19-12/h2-5,8,16H,6-7,9H2,1H3. The van der Waals surface area contributed by atoms with Gasteiger partial charge in [0.15, 0.2) is 5.76 Å². The highest BCUT2D eigenvalue weighted by molar-refractivity contribution is 5.81. The molecule has 0 saturated carbocycles. The van der Waals surface area contributed by atoms with Crippen molar-refractivity contribution in [3.05, 3.63) is 36.2 Å². The van der Waals surface area contributed by atoms with Crippen LogP contribution in [-0.2, 0) is 5.41 Å². The Bertz CT molecular complexity index is 720. The average Bonchev–Trinajstić information content (AvgIpc) is 3.17. The van der Waals surface area contributed by atoms with Gasteiger partial charge >= 0.3 is 0 Å². The molecule has 1 N–H and O–H groups in total. The van der Waals surface area contributed by atoms with Crippen molar-refractivity contribution in [3.8, 4) is 11.6 Å². The Hall–Kier alpha value is -2.14. The van der Waals surface area contributed by atoms with Crippen LogP contribution >= 0.6 is 0 Å². The molecular formula is C15H15N3O2. The number of rotatable bonds is 2. The van der Waals surface area contributed by atoms with E-state index >= 15 is 0 Å². The molecule has 0 bridgehead atoms. The maximum absolute atomic E-state index is 5.76. The Morgan fingerprint density at radius 3 is 3.00 bits per heavy atom. The zero-order valence-electron chi connectivity index (χ0n) is 11.2. The molecule has 4 rings (SSSR count). The molecule has 1 aromatic carbocycles. The molecule has 2 aromatic heterocycles. The third kappa shape index (κ3) is 1.74. The summed E-state index contributed by atoms with van der Waals surface area (Å²) in [6, 6.07) is 9.81. The summed E-state index contributed by atoms with van der Waals surface area (Å²) in [4.78, 5) is 4.52. The van der Waals surface area contributed by atoms with Gasteiger partial charge in [0.1, 0.15) is 5.58 Å². The summed E-state index contributed by atoms with van der Waals surface area (Å²) in [6.45, 7) is 4.00. The van der Waals surface area contributed by atoms with Gasteiger partial charge in [-0.25, -0.2) is 0 Å². The van der Waals surface area contributed by atoms with Crippen molar-refractivity contribution in [1.29, 1.82) is 0 Å². The fraction of sp³-hybridized carbons (Fsp3) is 0.333. The maximum atomic E-state index is 5.76. The van der Waals surface area contributed by atoms with E-state index in [9.17, 15) is 0 Å². The second kappa shape index (κ2) is 4.18. The van der Waals surface area contributed by atoms with E-state index in [2.05, 4.69) is 22.4 Å². The van der Waals surface area contributed by atoms with Gasteiger partial charge in [-0.3, -0.25) is 0 Å². The van der Waals surface area contributed by atoms with Crippen molar-refractivity contribution in [2.75, 3.05) is 13.1 Å². The second-order valence-electron chi connectivity index (χ2n) is 5.56. The van der Waals surface area contributed by atoms with E-state index in [0.29, 0.717) is 17.5 Å². The van der Waals surface area contributed by atoms with Crippen LogP contribution in [0.3, 0.4) is 0 Å². The van der Waals surface area contributed by atoms with Crippen molar-refractivity contribution in [2.45, 2.75) is 18.8 Å². The van der Waals surface area contributed by atoms with Crippen LogP contribution in [0.4, 0.5) is 0 Å². The summed E-state index contributed by atoms with van der Waals surface area (Å²) < 4.78 is 11.2. The third-order valence-corrected chi connectivity index (χ3v) is 3.96. The Kier molecular flexibility index (Phi) is 2.44. The Balaban J connectivity index is 1.74. The minimum absolute atomic E-state index is 0.0722. The lowest BCUT2D eigenvalue weighted by Crippen LogP contribution is -2.25. The smallest absolute Gasteiger partial charge is 0.238 e. The first kappa shape index (κ1) is 11.7. The molecule has 0 aliphatic carbocycles. The van der Waals surface area contributed by atoms with E-state index in [1.807, 2.05) is 30.3 Å². The first-order valence-electron chi connectivity index (χ1n) is 6.78. The van der Waals surface area contributed by atoms with E-state index < -0.39 is 0 Å². The summed E-state index contributed by atoms with van der Waals surface area (Å²) >= 11 is 0. The summed E-state index contributed by atoms with van der Waals surface area (Å²) in [5, 5.41) is 8.44. The van der Waals surface area contributed by atoms with Crippen LogP contribution in [0, 0.1) is 0 Å². The molecule has 0 amide bonds. The van der Waals surface area contributed by atoms with Gasteiger partial charge in [0.2, 0.25) is 11.7 Å². The van der Waals surface area contributed by atoms with Crippen LogP contribution in [0.25, 0.3) is 22.6 Å². The van der Waals surface area contributed by atoms with Crippen molar-refractivity contribution >= 4 is 11.0 Å². The number of benzene rings is 1. The fourth-order valence-corrected chi connectivity index (χ4v) is 2.66. The van der Waals surface area contributed by atoms with E-state index in [1.54, 1.807) is 0 Å². The molecule has 1 atom stereocenters. The third-order valence-electron chi connectivity index (χ3n) is 3.96. The van der Waals surface area contributed by atoms with Crippen LogP contribution in [-0.4, -0.2) is 23.2 Å². The van der Waals surface area contributed by atoms with Gasteiger partial charge in [-0.1, -0.05) is 23.4 Å². The van der Waals surface area contributed by atoms with Gasteiger partial charge in [0, 0.05) is 11.9 Å². The zero-order chi connectivity index (χ0) is 13.6. The molecule has 0 spiro atoms. The second-order valence-corrected chi connectivity index (χ2v) is 5.56. The fourth-order valence-electron chi connectivity index (χ4n) is 2.66. The molecule has 5 heteroatoms. The first-order chi connectivity index (χ1) is 9.74. The predicted molar refractivity (Wildman–Crippen MR) is 74.3 cm³/mol. The lowest BCUT2D eigenvalue weighted by atomic mass is 9.90. The minimum atomic E-state index is -0.0722. The number of nitrogens with zero attached hydrogens (tertiary/aromatic N) is 2. The number of fused-ring (bicyclic) bond motifs is 1. The van der Waals surface area contributed by atoms with Gasteiger partial charge in [0.25, 0.3) is 0 Å². The maximum Gasteiger partial charge on any atom is 0.238 e. The number of hydrogen-bond donors (Lipinski definition) is 1. The normalized spacial score (nSPS) is 22.6. The molecule has 3 aromatic rings. The Morgan fingerprint density at radius 2 is 2.20 bits per heavy atom. The van der Waals surface area contributed by atoms with Crippen LogP contribution in [0.2, 0.25) is 0 Å². The molecule has 1 fully saturated rings. The van der Waals surface area contributed by atoms with E-state index in [0.717, 1.165) is 30.5 Å². The number of para-hydroxylation sites is 1. The SMILES string of the molecule is CC1(c2nc(-c3cc4ccccc4o3)no2)CCNC1. The van der Waals surface area contributed by atoms with Crippen molar-refractivity contribution in [2.24, 2.45) is 0 Å². The van der Waals surface area contributed by atoms with Gasteiger partial charge in [-0.2, -0.15) is 4.98 Å². The topological polar surface area (TPSA) is 64.1 Å². The molecule has 20 heavy (non-hydrogen) atoms. The Morgan fingerprint density at radius 1 is 1.30 bits per heavy atom. The molecule has 1 aliphatic heterocycles. The van der Waals surface area contributed by atoms with E-state index in [-0.39, 0.29) is 5.41 Å². The summed E-state index contributed by atoms with van der Waals surface area (Å²) in [5.41, 5.74) is 0.764. The largest absolute Gasteiger partial charge is 0.453 e. The van der Waals surface area contributed by atoms with Gasteiger partial charge in [0.05, 0.1) is 5.41 Å². The lowest BCUT2D eigenvalue weighted by Gasteiger charge is -2.15. The van der Waals surface area contributed by atoms with Crippen molar-refractivity contribution < 1.29 is 8.94 Å². The molecule has 1 aliphatic rings. The summed E-state index contributed by atoms with van der Waals surface area (Å²) in [5.74, 6) is 1.85. The lowest BCUT2D eigenvalue weighted by molar-refractivity contribution is 0.306. The van der Waals surface area contributed by atoms with Crippen molar-refractivity contribution in [1.82, 2.24) is 15.5 Å². The predicted octanol–water partition coefficient (Wildman–Crippen LogP) is 2.73. The zero-order valence-corrected chi connectivity index (χ0v) is 11.2. The molecule has 102 valence electrons. The highest BCUT2D eigenvalue weighted by atomic mass is 16.5. The monoisotopic (exact) mass is 269 g/mol. The van der Waals surface area contributed by atoms with Crippen molar-refractivity contribution in [3.63, 3.8) is 0 Å². The quantitative estimate of drug-likeness (QED) is 0.775. The molecule has 5 nitrogen and oxygen atoms in total. The van der Waals surface area contributed by atoms with Crippen LogP contribution < -0.4 is 5.32 Å².